The molecule has 0 bridgehead atoms. The number of primary amides is 1. The third-order valence-electron chi connectivity index (χ3n) is 5.05. The molecule has 154 valence electrons. The Hall–Kier alpha value is -3.40. The lowest BCUT2D eigenvalue weighted by molar-refractivity contribution is -0.145. The molecule has 0 spiro atoms. The number of carboxylic acids is 2. The van der Waals surface area contributed by atoms with Crippen molar-refractivity contribution in [2.24, 2.45) is 5.73 Å². The number of amides is 2. The van der Waals surface area contributed by atoms with Gasteiger partial charge in [0, 0.05) is 41.3 Å². The minimum Gasteiger partial charge on any atom is -0.481 e. The number of fused-ring (bicyclic) bond motifs is 1. The highest BCUT2D eigenvalue weighted by atomic mass is 16.4. The molecular formula is C19H22N4O6. The second-order valence-electron chi connectivity index (χ2n) is 6.99. The molecule has 2 aromatic rings. The lowest BCUT2D eigenvalue weighted by Crippen LogP contribution is -2.44. The number of aliphatic carboxylic acids is 2. The van der Waals surface area contributed by atoms with Gasteiger partial charge in [-0.2, -0.15) is 0 Å². The SMILES string of the molecule is NC(=O)[C@@H]1CCCN1[C@H](C(=O)O)c1c[nH]c2cc(NC(=O)CCC(=O)O)ccc12. The van der Waals surface area contributed by atoms with Crippen LogP contribution in [0.2, 0.25) is 0 Å². The van der Waals surface area contributed by atoms with Crippen molar-refractivity contribution in [3.8, 4) is 0 Å². The van der Waals surface area contributed by atoms with Crippen LogP contribution in [0.4, 0.5) is 5.69 Å². The van der Waals surface area contributed by atoms with Crippen LogP contribution in [0.25, 0.3) is 10.9 Å². The largest absolute Gasteiger partial charge is 0.481 e. The molecule has 0 saturated carbocycles. The Balaban J connectivity index is 1.86. The van der Waals surface area contributed by atoms with Crippen LogP contribution in [0, 0.1) is 0 Å². The lowest BCUT2D eigenvalue weighted by atomic mass is 10.0. The van der Waals surface area contributed by atoms with E-state index in [-0.39, 0.29) is 12.8 Å². The summed E-state index contributed by atoms with van der Waals surface area (Å²) in [5.41, 5.74) is 7.02. The van der Waals surface area contributed by atoms with E-state index < -0.39 is 35.8 Å². The van der Waals surface area contributed by atoms with Gasteiger partial charge in [-0.3, -0.25) is 24.1 Å². The number of carbonyl (C=O) groups is 4. The average molecular weight is 402 g/mol. The van der Waals surface area contributed by atoms with E-state index in [9.17, 15) is 24.3 Å². The maximum absolute atomic E-state index is 12.0. The fraction of sp³-hybridized carbons (Fsp3) is 0.368. The zero-order chi connectivity index (χ0) is 21.1. The third kappa shape index (κ3) is 4.37. The van der Waals surface area contributed by atoms with Crippen LogP contribution in [0.15, 0.2) is 24.4 Å². The summed E-state index contributed by atoms with van der Waals surface area (Å²) in [7, 11) is 0. The van der Waals surface area contributed by atoms with Gasteiger partial charge < -0.3 is 26.2 Å². The molecule has 0 unspecified atom stereocenters. The predicted octanol–water partition coefficient (Wildman–Crippen LogP) is 1.05. The summed E-state index contributed by atoms with van der Waals surface area (Å²) in [6.07, 6.45) is 2.38. The molecule has 1 aliphatic heterocycles. The van der Waals surface area contributed by atoms with Crippen molar-refractivity contribution in [3.05, 3.63) is 30.0 Å². The summed E-state index contributed by atoms with van der Waals surface area (Å²) in [5, 5.41) is 21.7. The van der Waals surface area contributed by atoms with Crippen molar-refractivity contribution < 1.29 is 29.4 Å². The van der Waals surface area contributed by atoms with E-state index in [2.05, 4.69) is 10.3 Å². The maximum Gasteiger partial charge on any atom is 0.325 e. The third-order valence-corrected chi connectivity index (χ3v) is 5.05. The first-order valence-corrected chi connectivity index (χ1v) is 9.18. The summed E-state index contributed by atoms with van der Waals surface area (Å²) in [5.74, 6) is -3.10. The second-order valence-corrected chi connectivity index (χ2v) is 6.99. The van der Waals surface area contributed by atoms with Crippen molar-refractivity contribution in [1.29, 1.82) is 0 Å². The molecule has 1 aromatic heterocycles. The Morgan fingerprint density at radius 2 is 2.00 bits per heavy atom. The van der Waals surface area contributed by atoms with E-state index in [0.29, 0.717) is 41.5 Å². The molecule has 1 fully saturated rings. The van der Waals surface area contributed by atoms with Crippen molar-refractivity contribution in [2.45, 2.75) is 37.8 Å². The summed E-state index contributed by atoms with van der Waals surface area (Å²) >= 11 is 0. The Labute approximate surface area is 165 Å². The number of likely N-dealkylation sites (tertiary alicyclic amines) is 1. The fourth-order valence-electron chi connectivity index (χ4n) is 3.75. The van der Waals surface area contributed by atoms with Gasteiger partial charge >= 0.3 is 11.9 Å². The Morgan fingerprint density at radius 3 is 2.66 bits per heavy atom. The lowest BCUT2D eigenvalue weighted by Gasteiger charge is -2.28. The van der Waals surface area contributed by atoms with Gasteiger partial charge in [0.1, 0.15) is 6.04 Å². The van der Waals surface area contributed by atoms with Gasteiger partial charge in [0.2, 0.25) is 11.8 Å². The van der Waals surface area contributed by atoms with Gasteiger partial charge in [-0.15, -0.1) is 0 Å². The Bertz CT molecular complexity index is 969. The summed E-state index contributed by atoms with van der Waals surface area (Å²) in [6.45, 7) is 0.453. The Morgan fingerprint density at radius 1 is 1.24 bits per heavy atom. The smallest absolute Gasteiger partial charge is 0.325 e. The highest BCUT2D eigenvalue weighted by molar-refractivity contribution is 5.96. The summed E-state index contributed by atoms with van der Waals surface area (Å²) < 4.78 is 0. The molecular weight excluding hydrogens is 380 g/mol. The van der Waals surface area contributed by atoms with Crippen LogP contribution >= 0.6 is 0 Å². The van der Waals surface area contributed by atoms with Gasteiger partial charge in [0.05, 0.1) is 12.5 Å². The van der Waals surface area contributed by atoms with E-state index >= 15 is 0 Å². The molecule has 0 aliphatic carbocycles. The van der Waals surface area contributed by atoms with Crippen LogP contribution in [0.1, 0.15) is 37.3 Å². The minimum absolute atomic E-state index is 0.145. The number of nitrogens with two attached hydrogens (primary N) is 1. The average Bonchev–Trinajstić information content (AvgIpc) is 3.28. The molecule has 1 saturated heterocycles. The molecule has 3 rings (SSSR count). The van der Waals surface area contributed by atoms with Crippen LogP contribution in [-0.4, -0.2) is 56.4 Å². The van der Waals surface area contributed by atoms with Gasteiger partial charge in [0.15, 0.2) is 0 Å². The van der Waals surface area contributed by atoms with Gasteiger partial charge in [-0.1, -0.05) is 6.07 Å². The number of carboxylic acid groups (broad SMARTS) is 2. The number of nitrogens with one attached hydrogen (secondary N) is 2. The zero-order valence-corrected chi connectivity index (χ0v) is 15.6. The molecule has 1 aromatic carbocycles. The monoisotopic (exact) mass is 402 g/mol. The van der Waals surface area contributed by atoms with Crippen molar-refractivity contribution in [2.75, 3.05) is 11.9 Å². The quantitative estimate of drug-likeness (QED) is 0.440. The maximum atomic E-state index is 12.0. The number of anilines is 1. The topological polar surface area (TPSA) is 166 Å². The first-order chi connectivity index (χ1) is 13.8. The second kappa shape index (κ2) is 8.31. The number of rotatable bonds is 8. The van der Waals surface area contributed by atoms with E-state index in [4.69, 9.17) is 10.8 Å². The van der Waals surface area contributed by atoms with Gasteiger partial charge in [-0.05, 0) is 25.0 Å². The van der Waals surface area contributed by atoms with E-state index in [1.807, 2.05) is 0 Å². The number of carbonyl (C=O) groups excluding carboxylic acids is 2. The molecule has 2 heterocycles. The standard InChI is InChI=1S/C19H22N4O6/c20-18(27)14-2-1-7-23(14)17(19(28)29)12-9-21-13-8-10(3-4-11(12)13)22-15(24)5-6-16(25)26/h3-4,8-9,14,17,21H,1-2,5-7H2,(H2,20,27)(H,22,24)(H,25,26)(H,28,29)/t14-,17-/m0/s1. The number of aromatic amines is 1. The summed E-state index contributed by atoms with van der Waals surface area (Å²) in [4.78, 5) is 50.7. The molecule has 1 aliphatic rings. The van der Waals surface area contributed by atoms with Crippen LogP contribution in [0.5, 0.6) is 0 Å². The van der Waals surface area contributed by atoms with E-state index in [1.165, 1.54) is 0 Å². The van der Waals surface area contributed by atoms with Crippen molar-refractivity contribution >= 4 is 40.3 Å². The predicted molar refractivity (Wildman–Crippen MR) is 103 cm³/mol. The van der Waals surface area contributed by atoms with Gasteiger partial charge in [0.25, 0.3) is 0 Å². The highest BCUT2D eigenvalue weighted by Crippen LogP contribution is 2.34. The molecule has 6 N–H and O–H groups in total. The van der Waals surface area contributed by atoms with Gasteiger partial charge in [-0.25, -0.2) is 0 Å². The van der Waals surface area contributed by atoms with Crippen LogP contribution < -0.4 is 11.1 Å². The normalized spacial score (nSPS) is 17.9. The molecule has 2 atom stereocenters. The van der Waals surface area contributed by atoms with E-state index in [1.54, 1.807) is 29.3 Å². The highest BCUT2D eigenvalue weighted by Gasteiger charge is 2.39. The molecule has 2 amide bonds. The molecule has 29 heavy (non-hydrogen) atoms. The number of H-pyrrole nitrogens is 1. The van der Waals surface area contributed by atoms with Crippen LogP contribution in [0.3, 0.4) is 0 Å². The number of aromatic nitrogens is 1. The fourth-order valence-corrected chi connectivity index (χ4v) is 3.75. The number of hydrogen-bond donors (Lipinski definition) is 5. The first kappa shape index (κ1) is 20.3. The zero-order valence-electron chi connectivity index (χ0n) is 15.6. The van der Waals surface area contributed by atoms with E-state index in [0.717, 1.165) is 0 Å². The summed E-state index contributed by atoms with van der Waals surface area (Å²) in [6, 6.07) is 3.28. The number of benzene rings is 1. The molecule has 10 nitrogen and oxygen atoms in total. The van der Waals surface area contributed by atoms with Crippen LogP contribution in [-0.2, 0) is 19.2 Å². The first-order valence-electron chi connectivity index (χ1n) is 9.18. The molecule has 10 heteroatoms. The minimum atomic E-state index is -1.08. The number of nitrogens with zero attached hydrogens (tertiary/aromatic N) is 1. The van der Waals surface area contributed by atoms with Crippen molar-refractivity contribution in [1.82, 2.24) is 9.88 Å². The molecule has 0 radical (unpaired) electrons. The van der Waals surface area contributed by atoms with Crippen molar-refractivity contribution in [3.63, 3.8) is 0 Å². The number of hydrogen-bond acceptors (Lipinski definition) is 5. The Kier molecular flexibility index (Phi) is 5.83.